The third-order valence-corrected chi connectivity index (χ3v) is 5.68. The van der Waals surface area contributed by atoms with Gasteiger partial charge in [-0.3, -0.25) is 0 Å². The van der Waals surface area contributed by atoms with E-state index in [1.165, 1.54) is 41.4 Å². The van der Waals surface area contributed by atoms with Gasteiger partial charge in [0.1, 0.15) is 0 Å². The van der Waals surface area contributed by atoms with Crippen molar-refractivity contribution in [1.82, 2.24) is 0 Å². The Hall–Kier alpha value is -0.500. The van der Waals surface area contributed by atoms with Crippen molar-refractivity contribution < 1.29 is 0 Å². The number of hydrogen-bond donors (Lipinski definition) is 1. The predicted molar refractivity (Wildman–Crippen MR) is 81.1 cm³/mol. The summed E-state index contributed by atoms with van der Waals surface area (Å²) in [5, 5.41) is 3.61. The maximum absolute atomic E-state index is 3.66. The average Bonchev–Trinajstić information content (AvgIpc) is 2.74. The molecule has 1 heterocycles. The molecule has 0 amide bonds. The molecule has 18 heavy (non-hydrogen) atoms. The summed E-state index contributed by atoms with van der Waals surface area (Å²) in [4.78, 5) is 0. The first-order valence-electron chi connectivity index (χ1n) is 7.12. The lowest BCUT2D eigenvalue weighted by atomic mass is 9.63. The first kappa shape index (κ1) is 12.5. The molecular formula is C16H22BrN. The fourth-order valence-electron chi connectivity index (χ4n) is 3.98. The van der Waals surface area contributed by atoms with Crippen molar-refractivity contribution >= 4 is 21.6 Å². The molecule has 1 aromatic carbocycles. The Morgan fingerprint density at radius 2 is 2.11 bits per heavy atom. The Balaban J connectivity index is 1.94. The first-order chi connectivity index (χ1) is 8.59. The monoisotopic (exact) mass is 307 g/mol. The van der Waals surface area contributed by atoms with Gasteiger partial charge in [-0.05, 0) is 51.7 Å². The molecule has 1 saturated carbocycles. The minimum Gasteiger partial charge on any atom is -0.383 e. The van der Waals surface area contributed by atoms with Crippen LogP contribution in [0.4, 0.5) is 5.69 Å². The second-order valence-electron chi connectivity index (χ2n) is 6.53. The van der Waals surface area contributed by atoms with Gasteiger partial charge in [0.15, 0.2) is 0 Å². The molecule has 2 heteroatoms. The molecule has 0 bridgehead atoms. The largest absolute Gasteiger partial charge is 0.383 e. The first-order valence-corrected chi connectivity index (χ1v) is 7.91. The highest BCUT2D eigenvalue weighted by atomic mass is 79.9. The Bertz CT molecular complexity index is 452. The van der Waals surface area contributed by atoms with Crippen LogP contribution in [0.25, 0.3) is 0 Å². The number of rotatable bonds is 1. The van der Waals surface area contributed by atoms with E-state index in [9.17, 15) is 0 Å². The molecule has 0 aromatic heterocycles. The maximum Gasteiger partial charge on any atom is 0.0521 e. The number of fused-ring (bicyclic) bond motifs is 1. The van der Waals surface area contributed by atoms with E-state index in [2.05, 4.69) is 53.3 Å². The van der Waals surface area contributed by atoms with Gasteiger partial charge in [0, 0.05) is 16.9 Å². The lowest BCUT2D eigenvalue weighted by Gasteiger charge is -2.42. The fourth-order valence-corrected chi connectivity index (χ4v) is 4.51. The quantitative estimate of drug-likeness (QED) is 0.754. The van der Waals surface area contributed by atoms with Crippen LogP contribution in [0.1, 0.15) is 51.0 Å². The number of benzene rings is 1. The van der Waals surface area contributed by atoms with Crippen LogP contribution in [0.5, 0.6) is 0 Å². The van der Waals surface area contributed by atoms with Gasteiger partial charge in [-0.1, -0.05) is 38.8 Å². The van der Waals surface area contributed by atoms with Crippen LogP contribution >= 0.6 is 15.9 Å². The number of hydrogen-bond acceptors (Lipinski definition) is 1. The van der Waals surface area contributed by atoms with Crippen LogP contribution < -0.4 is 5.32 Å². The normalized spacial score (nSPS) is 29.7. The number of halogens is 1. The van der Waals surface area contributed by atoms with E-state index in [4.69, 9.17) is 0 Å². The third kappa shape index (κ3) is 1.99. The summed E-state index contributed by atoms with van der Waals surface area (Å²) < 4.78 is 1.22. The summed E-state index contributed by atoms with van der Waals surface area (Å²) >= 11 is 3.66. The van der Waals surface area contributed by atoms with Crippen LogP contribution in [0.3, 0.4) is 0 Å². The summed E-state index contributed by atoms with van der Waals surface area (Å²) in [6.07, 6.45) is 5.60. The molecule has 1 fully saturated rings. The second kappa shape index (κ2) is 4.56. The topological polar surface area (TPSA) is 12.0 Å². The Kier molecular flexibility index (Phi) is 3.17. The molecule has 2 unspecified atom stereocenters. The van der Waals surface area contributed by atoms with Crippen LogP contribution in [-0.2, 0) is 0 Å². The smallest absolute Gasteiger partial charge is 0.0521 e. The molecule has 1 N–H and O–H groups in total. The van der Waals surface area contributed by atoms with E-state index in [-0.39, 0.29) is 0 Å². The van der Waals surface area contributed by atoms with Crippen molar-refractivity contribution in [3.63, 3.8) is 0 Å². The molecule has 0 spiro atoms. The lowest BCUT2D eigenvalue weighted by molar-refractivity contribution is 0.116. The van der Waals surface area contributed by atoms with Gasteiger partial charge in [0.05, 0.1) is 5.69 Å². The Morgan fingerprint density at radius 3 is 2.89 bits per heavy atom. The highest BCUT2D eigenvalue weighted by molar-refractivity contribution is 9.10. The van der Waals surface area contributed by atoms with E-state index >= 15 is 0 Å². The van der Waals surface area contributed by atoms with E-state index < -0.39 is 0 Å². The summed E-state index contributed by atoms with van der Waals surface area (Å²) in [5.41, 5.74) is 3.36. The van der Waals surface area contributed by atoms with Crippen LogP contribution in [-0.4, -0.2) is 6.54 Å². The molecule has 0 saturated heterocycles. The van der Waals surface area contributed by atoms with Gasteiger partial charge in [0.25, 0.3) is 0 Å². The van der Waals surface area contributed by atoms with E-state index in [0.717, 1.165) is 12.5 Å². The zero-order valence-electron chi connectivity index (χ0n) is 11.3. The van der Waals surface area contributed by atoms with Crippen molar-refractivity contribution in [3.8, 4) is 0 Å². The van der Waals surface area contributed by atoms with Crippen molar-refractivity contribution in [2.24, 2.45) is 11.3 Å². The second-order valence-corrected chi connectivity index (χ2v) is 7.39. The van der Waals surface area contributed by atoms with E-state index in [1.807, 2.05) is 0 Å². The van der Waals surface area contributed by atoms with Crippen LogP contribution in [0.15, 0.2) is 22.7 Å². The molecule has 1 nitrogen and oxygen atoms in total. The fraction of sp³-hybridized carbons (Fsp3) is 0.625. The minimum atomic E-state index is 0.495. The molecule has 2 aliphatic rings. The third-order valence-electron chi connectivity index (χ3n) is 5.02. The molecule has 0 radical (unpaired) electrons. The highest BCUT2D eigenvalue weighted by Gasteiger charge is 2.40. The van der Waals surface area contributed by atoms with Gasteiger partial charge in [-0.25, -0.2) is 0 Å². The molecule has 1 aromatic rings. The Labute approximate surface area is 118 Å². The summed E-state index contributed by atoms with van der Waals surface area (Å²) in [7, 11) is 0. The molecular weight excluding hydrogens is 286 g/mol. The number of nitrogens with one attached hydrogen (secondary N) is 1. The van der Waals surface area contributed by atoms with Crippen molar-refractivity contribution in [3.05, 3.63) is 28.2 Å². The molecule has 3 rings (SSSR count). The number of para-hydroxylation sites is 1. The van der Waals surface area contributed by atoms with Crippen LogP contribution in [0, 0.1) is 11.3 Å². The predicted octanol–water partition coefficient (Wildman–Crippen LogP) is 5.17. The van der Waals surface area contributed by atoms with Gasteiger partial charge < -0.3 is 5.32 Å². The van der Waals surface area contributed by atoms with Gasteiger partial charge in [-0.15, -0.1) is 0 Å². The lowest BCUT2D eigenvalue weighted by Crippen LogP contribution is -2.33. The maximum atomic E-state index is 3.66. The average molecular weight is 308 g/mol. The van der Waals surface area contributed by atoms with Gasteiger partial charge in [-0.2, -0.15) is 0 Å². The molecule has 2 atom stereocenters. The zero-order valence-corrected chi connectivity index (χ0v) is 12.9. The zero-order chi connectivity index (χ0) is 12.8. The van der Waals surface area contributed by atoms with Crippen molar-refractivity contribution in [2.75, 3.05) is 11.9 Å². The summed E-state index contributed by atoms with van der Waals surface area (Å²) in [6.45, 7) is 6.05. The summed E-state index contributed by atoms with van der Waals surface area (Å²) in [5.74, 6) is 1.53. The van der Waals surface area contributed by atoms with E-state index in [0.29, 0.717) is 11.3 Å². The molecule has 98 valence electrons. The van der Waals surface area contributed by atoms with Crippen molar-refractivity contribution in [1.29, 1.82) is 0 Å². The minimum absolute atomic E-state index is 0.495. The van der Waals surface area contributed by atoms with Crippen molar-refractivity contribution in [2.45, 2.75) is 45.4 Å². The van der Waals surface area contributed by atoms with E-state index in [1.54, 1.807) is 0 Å². The molecule has 1 aliphatic heterocycles. The standard InChI is InChI=1S/C16H22BrN/c1-16(2)9-4-3-7-13(16)12-10-18-15-11(12)6-5-8-14(15)17/h5-6,8,12-13,18H,3-4,7,9-10H2,1-2H3. The van der Waals surface area contributed by atoms with Gasteiger partial charge in [0.2, 0.25) is 0 Å². The van der Waals surface area contributed by atoms with Gasteiger partial charge >= 0.3 is 0 Å². The Morgan fingerprint density at radius 1 is 1.28 bits per heavy atom. The molecule has 1 aliphatic carbocycles. The van der Waals surface area contributed by atoms with Crippen LogP contribution in [0.2, 0.25) is 0 Å². The highest BCUT2D eigenvalue weighted by Crippen LogP contribution is 2.51. The summed E-state index contributed by atoms with van der Waals surface area (Å²) in [6, 6.07) is 6.63. The number of anilines is 1. The SMILES string of the molecule is CC1(C)CCCCC1C1CNc2c(Br)cccc21.